The first-order valence-corrected chi connectivity index (χ1v) is 5.23. The van der Waals surface area contributed by atoms with Crippen molar-refractivity contribution in [2.45, 2.75) is 12.8 Å². The van der Waals surface area contributed by atoms with Crippen LogP contribution in [0.3, 0.4) is 0 Å². The van der Waals surface area contributed by atoms with E-state index < -0.39 is 5.91 Å². The maximum Gasteiger partial charge on any atom is 0.305 e. The number of benzene rings is 1. The summed E-state index contributed by atoms with van der Waals surface area (Å²) in [5, 5.41) is 0. The maximum atomic E-state index is 10.8. The monoisotopic (exact) mass is 237 g/mol. The van der Waals surface area contributed by atoms with Crippen molar-refractivity contribution in [1.82, 2.24) is 0 Å². The molecule has 0 spiro atoms. The molecule has 17 heavy (non-hydrogen) atoms. The minimum Gasteiger partial charge on any atom is -0.494 e. The van der Waals surface area contributed by atoms with E-state index in [1.54, 1.807) is 24.3 Å². The summed E-state index contributed by atoms with van der Waals surface area (Å²) in [6.07, 6.45) is 0.917. The fourth-order valence-corrected chi connectivity index (χ4v) is 1.22. The lowest BCUT2D eigenvalue weighted by Gasteiger charge is -2.05. The summed E-state index contributed by atoms with van der Waals surface area (Å²) < 4.78 is 9.87. The molecule has 0 aliphatic carbocycles. The molecular formula is C12H15NO4. The van der Waals surface area contributed by atoms with E-state index in [-0.39, 0.29) is 5.97 Å². The van der Waals surface area contributed by atoms with Gasteiger partial charge >= 0.3 is 5.97 Å². The van der Waals surface area contributed by atoms with Crippen LogP contribution >= 0.6 is 0 Å². The van der Waals surface area contributed by atoms with Crippen molar-refractivity contribution in [3.8, 4) is 5.75 Å². The van der Waals surface area contributed by atoms with Gasteiger partial charge in [0.05, 0.1) is 13.7 Å². The number of ether oxygens (including phenoxy) is 2. The number of hydrogen-bond acceptors (Lipinski definition) is 4. The fraction of sp³-hybridized carbons (Fsp3) is 0.333. The molecule has 0 aliphatic heterocycles. The molecule has 92 valence electrons. The van der Waals surface area contributed by atoms with Crippen molar-refractivity contribution in [1.29, 1.82) is 0 Å². The SMILES string of the molecule is COC(=O)CCCOc1ccc(C(N)=O)cc1. The number of esters is 1. The minimum atomic E-state index is -0.470. The Bertz CT molecular complexity index is 386. The molecule has 0 saturated heterocycles. The van der Waals surface area contributed by atoms with Gasteiger partial charge in [-0.2, -0.15) is 0 Å². The lowest BCUT2D eigenvalue weighted by Crippen LogP contribution is -2.10. The van der Waals surface area contributed by atoms with E-state index in [2.05, 4.69) is 4.74 Å². The third-order valence-electron chi connectivity index (χ3n) is 2.16. The summed E-state index contributed by atoms with van der Waals surface area (Å²) in [5.74, 6) is -0.0835. The number of hydrogen-bond donors (Lipinski definition) is 1. The van der Waals surface area contributed by atoms with Crippen LogP contribution in [0.2, 0.25) is 0 Å². The standard InChI is InChI=1S/C12H15NO4/c1-16-11(14)3-2-8-17-10-6-4-9(5-7-10)12(13)15/h4-7H,2-3,8H2,1H3,(H2,13,15). The molecular weight excluding hydrogens is 222 g/mol. The minimum absolute atomic E-state index is 0.252. The zero-order valence-electron chi connectivity index (χ0n) is 9.64. The molecule has 0 saturated carbocycles. The summed E-state index contributed by atoms with van der Waals surface area (Å²) in [6.45, 7) is 0.422. The van der Waals surface area contributed by atoms with Crippen LogP contribution in [0.5, 0.6) is 5.75 Å². The maximum absolute atomic E-state index is 10.8. The van der Waals surface area contributed by atoms with Crippen molar-refractivity contribution in [3.05, 3.63) is 29.8 Å². The average molecular weight is 237 g/mol. The van der Waals surface area contributed by atoms with Gasteiger partial charge in [-0.05, 0) is 30.7 Å². The van der Waals surface area contributed by atoms with Gasteiger partial charge in [0.15, 0.2) is 0 Å². The highest BCUT2D eigenvalue weighted by Gasteiger charge is 2.02. The normalized spacial score (nSPS) is 9.71. The molecule has 5 heteroatoms. The number of carbonyl (C=O) groups is 2. The predicted octanol–water partition coefficient (Wildman–Crippen LogP) is 1.12. The quantitative estimate of drug-likeness (QED) is 0.594. The van der Waals surface area contributed by atoms with E-state index in [1.165, 1.54) is 7.11 Å². The molecule has 0 bridgehead atoms. The Labute approximate surface area is 99.5 Å². The van der Waals surface area contributed by atoms with E-state index >= 15 is 0 Å². The summed E-state index contributed by atoms with van der Waals surface area (Å²) in [7, 11) is 1.35. The predicted molar refractivity (Wildman–Crippen MR) is 61.7 cm³/mol. The van der Waals surface area contributed by atoms with Crippen molar-refractivity contribution in [3.63, 3.8) is 0 Å². The Morgan fingerprint density at radius 2 is 1.88 bits per heavy atom. The van der Waals surface area contributed by atoms with Crippen LogP contribution in [0.4, 0.5) is 0 Å². The Balaban J connectivity index is 2.32. The molecule has 5 nitrogen and oxygen atoms in total. The molecule has 1 aromatic rings. The first kappa shape index (κ1) is 13.0. The van der Waals surface area contributed by atoms with Crippen molar-refractivity contribution < 1.29 is 19.1 Å². The summed E-state index contributed by atoms with van der Waals surface area (Å²) in [6, 6.07) is 6.52. The Morgan fingerprint density at radius 3 is 2.41 bits per heavy atom. The summed E-state index contributed by atoms with van der Waals surface area (Å²) >= 11 is 0. The van der Waals surface area contributed by atoms with Gasteiger partial charge in [-0.15, -0.1) is 0 Å². The average Bonchev–Trinajstić information content (AvgIpc) is 2.34. The van der Waals surface area contributed by atoms with Gasteiger partial charge in [0.25, 0.3) is 0 Å². The zero-order chi connectivity index (χ0) is 12.7. The van der Waals surface area contributed by atoms with Crippen LogP contribution in [0, 0.1) is 0 Å². The number of nitrogens with two attached hydrogens (primary N) is 1. The molecule has 1 rings (SSSR count). The van der Waals surface area contributed by atoms with Crippen molar-refractivity contribution in [2.24, 2.45) is 5.73 Å². The summed E-state index contributed by atoms with van der Waals surface area (Å²) in [5.41, 5.74) is 5.54. The molecule has 0 heterocycles. The molecule has 0 aliphatic rings. The van der Waals surface area contributed by atoms with Gasteiger partial charge in [0.1, 0.15) is 5.75 Å². The zero-order valence-corrected chi connectivity index (χ0v) is 9.64. The number of methoxy groups -OCH3 is 1. The van der Waals surface area contributed by atoms with Gasteiger partial charge in [0, 0.05) is 12.0 Å². The Hall–Kier alpha value is -2.04. The molecule has 1 amide bonds. The third kappa shape index (κ3) is 4.55. The largest absolute Gasteiger partial charge is 0.494 e. The van der Waals surface area contributed by atoms with Crippen molar-refractivity contribution >= 4 is 11.9 Å². The molecule has 0 fully saturated rings. The molecule has 0 unspecified atom stereocenters. The van der Waals surface area contributed by atoms with Gasteiger partial charge in [-0.25, -0.2) is 0 Å². The van der Waals surface area contributed by atoms with Crippen molar-refractivity contribution in [2.75, 3.05) is 13.7 Å². The van der Waals surface area contributed by atoms with E-state index in [9.17, 15) is 9.59 Å². The van der Waals surface area contributed by atoms with Gasteiger partial charge in [-0.3, -0.25) is 9.59 Å². The fourth-order valence-electron chi connectivity index (χ4n) is 1.22. The second-order valence-corrected chi connectivity index (χ2v) is 3.42. The van der Waals surface area contributed by atoms with Crippen LogP contribution < -0.4 is 10.5 Å². The Morgan fingerprint density at radius 1 is 1.24 bits per heavy atom. The molecule has 0 atom stereocenters. The lowest BCUT2D eigenvalue weighted by molar-refractivity contribution is -0.140. The van der Waals surface area contributed by atoms with Crippen LogP contribution in [-0.4, -0.2) is 25.6 Å². The third-order valence-corrected chi connectivity index (χ3v) is 2.16. The highest BCUT2D eigenvalue weighted by atomic mass is 16.5. The van der Waals surface area contributed by atoms with Crippen LogP contribution in [0.25, 0.3) is 0 Å². The van der Waals surface area contributed by atoms with Gasteiger partial charge in [0.2, 0.25) is 5.91 Å². The Kier molecular flexibility index (Phi) is 5.00. The highest BCUT2D eigenvalue weighted by molar-refractivity contribution is 5.92. The number of primary amides is 1. The number of amides is 1. The number of carbonyl (C=O) groups excluding carboxylic acids is 2. The second kappa shape index (κ2) is 6.52. The first-order chi connectivity index (χ1) is 8.13. The van der Waals surface area contributed by atoms with E-state index in [0.717, 1.165) is 0 Å². The number of rotatable bonds is 6. The first-order valence-electron chi connectivity index (χ1n) is 5.23. The van der Waals surface area contributed by atoms with Crippen LogP contribution in [0.15, 0.2) is 24.3 Å². The summed E-state index contributed by atoms with van der Waals surface area (Å²) in [4.78, 5) is 21.6. The van der Waals surface area contributed by atoms with Gasteiger partial charge in [-0.1, -0.05) is 0 Å². The highest BCUT2D eigenvalue weighted by Crippen LogP contribution is 2.12. The van der Waals surface area contributed by atoms with E-state index in [4.69, 9.17) is 10.5 Å². The molecule has 1 aromatic carbocycles. The van der Waals surface area contributed by atoms with E-state index in [1.807, 2.05) is 0 Å². The lowest BCUT2D eigenvalue weighted by atomic mass is 10.2. The smallest absolute Gasteiger partial charge is 0.305 e. The molecule has 0 aromatic heterocycles. The van der Waals surface area contributed by atoms with Crippen LogP contribution in [-0.2, 0) is 9.53 Å². The molecule has 0 radical (unpaired) electrons. The topological polar surface area (TPSA) is 78.6 Å². The second-order valence-electron chi connectivity index (χ2n) is 3.42. The van der Waals surface area contributed by atoms with Gasteiger partial charge < -0.3 is 15.2 Å². The van der Waals surface area contributed by atoms with E-state index in [0.29, 0.717) is 30.8 Å². The van der Waals surface area contributed by atoms with Crippen LogP contribution in [0.1, 0.15) is 23.2 Å². The molecule has 2 N–H and O–H groups in total.